The van der Waals surface area contributed by atoms with Crippen molar-refractivity contribution in [2.24, 2.45) is 0 Å². The summed E-state index contributed by atoms with van der Waals surface area (Å²) in [6.45, 7) is 1.52. The van der Waals surface area contributed by atoms with Crippen molar-refractivity contribution in [1.29, 1.82) is 0 Å². The van der Waals surface area contributed by atoms with Gasteiger partial charge >= 0.3 is 6.09 Å². The fraction of sp³-hybridized carbons (Fsp3) is 0.519. The molecular formula is C27H34N8O3. The van der Waals surface area contributed by atoms with Gasteiger partial charge in [-0.15, -0.1) is 0 Å². The van der Waals surface area contributed by atoms with Crippen LogP contribution in [0.15, 0.2) is 30.6 Å². The first-order valence-electron chi connectivity index (χ1n) is 13.5. The summed E-state index contributed by atoms with van der Waals surface area (Å²) in [7, 11) is 3.32. The molecule has 6 rings (SSSR count). The maximum Gasteiger partial charge on any atom is 0.415 e. The minimum Gasteiger partial charge on any atom is -0.393 e. The Morgan fingerprint density at radius 2 is 1.87 bits per heavy atom. The number of hydrogen-bond acceptors (Lipinski definition) is 8. The van der Waals surface area contributed by atoms with E-state index in [0.29, 0.717) is 40.9 Å². The van der Waals surface area contributed by atoms with Crippen molar-refractivity contribution >= 4 is 34.8 Å². The van der Waals surface area contributed by atoms with E-state index in [1.165, 1.54) is 11.3 Å². The summed E-state index contributed by atoms with van der Waals surface area (Å²) in [6.07, 6.45) is 10.5. The lowest BCUT2D eigenvalue weighted by molar-refractivity contribution is 0.0747. The topological polar surface area (TPSA) is 118 Å². The third kappa shape index (κ3) is 4.90. The van der Waals surface area contributed by atoms with Gasteiger partial charge in [-0.05, 0) is 44.2 Å². The molecule has 3 aliphatic rings. The molecule has 2 atom stereocenters. The zero-order valence-corrected chi connectivity index (χ0v) is 21.9. The molecule has 1 aliphatic carbocycles. The van der Waals surface area contributed by atoms with Gasteiger partial charge in [0.1, 0.15) is 11.5 Å². The highest BCUT2D eigenvalue weighted by Gasteiger charge is 2.31. The number of carbonyl (C=O) groups is 2. The van der Waals surface area contributed by atoms with Gasteiger partial charge < -0.3 is 25.2 Å². The minimum absolute atomic E-state index is 0.0188. The highest BCUT2D eigenvalue weighted by molar-refractivity contribution is 5.94. The first kappa shape index (κ1) is 24.6. The Morgan fingerprint density at radius 3 is 2.63 bits per heavy atom. The molecular weight excluding hydrogens is 484 g/mol. The van der Waals surface area contributed by atoms with Crippen LogP contribution in [0.1, 0.15) is 61.3 Å². The van der Waals surface area contributed by atoms with Crippen molar-refractivity contribution in [1.82, 2.24) is 34.6 Å². The fourth-order valence-corrected chi connectivity index (χ4v) is 5.84. The molecule has 0 unspecified atom stereocenters. The normalized spacial score (nSPS) is 21.5. The highest BCUT2D eigenvalue weighted by atomic mass is 16.6. The summed E-state index contributed by atoms with van der Waals surface area (Å²) in [4.78, 5) is 42.4. The van der Waals surface area contributed by atoms with Gasteiger partial charge in [0.2, 0.25) is 11.8 Å². The lowest BCUT2D eigenvalue weighted by atomic mass is 10.1. The summed E-state index contributed by atoms with van der Waals surface area (Å²) in [6, 6.07) is 6.54. The molecule has 3 fully saturated rings. The first-order valence-corrected chi connectivity index (χ1v) is 13.5. The lowest BCUT2D eigenvalue weighted by Crippen LogP contribution is -2.39. The zero-order chi connectivity index (χ0) is 26.2. The van der Waals surface area contributed by atoms with Crippen molar-refractivity contribution in [3.63, 3.8) is 0 Å². The van der Waals surface area contributed by atoms with E-state index in [9.17, 15) is 9.59 Å². The van der Waals surface area contributed by atoms with E-state index in [1.807, 2.05) is 15.5 Å². The van der Waals surface area contributed by atoms with Crippen LogP contribution in [0.5, 0.6) is 5.88 Å². The van der Waals surface area contributed by atoms with Gasteiger partial charge in [0.05, 0.1) is 5.56 Å². The molecule has 2 aliphatic heterocycles. The number of likely N-dealkylation sites (tertiary alicyclic amines) is 1. The Bertz CT molecular complexity index is 1330. The number of pyridine rings is 1. The molecule has 3 aromatic rings. The van der Waals surface area contributed by atoms with Crippen molar-refractivity contribution < 1.29 is 14.3 Å². The second-order valence-electron chi connectivity index (χ2n) is 10.8. The van der Waals surface area contributed by atoms with Crippen LogP contribution in [0, 0.1) is 0 Å². The molecule has 2 saturated heterocycles. The Labute approximate surface area is 221 Å². The fourth-order valence-electron chi connectivity index (χ4n) is 5.84. The highest BCUT2D eigenvalue weighted by Crippen LogP contribution is 2.37. The third-order valence-electron chi connectivity index (χ3n) is 7.85. The Morgan fingerprint density at radius 1 is 1.05 bits per heavy atom. The number of amides is 2. The van der Waals surface area contributed by atoms with E-state index in [2.05, 4.69) is 20.6 Å². The predicted octanol–water partition coefficient (Wildman–Crippen LogP) is 3.71. The van der Waals surface area contributed by atoms with Crippen LogP contribution in [0.3, 0.4) is 0 Å². The number of fused-ring (bicyclic) bond motifs is 3. The number of carbonyl (C=O) groups excluding carboxylic acids is 2. The second-order valence-corrected chi connectivity index (χ2v) is 10.8. The standard InChI is InChI=1S/C27H34N8O3/c1-33(2)27(37)38-23-13-18-15-29-26(32-24(18)35(23)21-5-3-4-6-21)31-22-10-7-17(14-28-22)25(36)34-12-11-19-8-9-20(16-34)30-19/h7,10,13-15,19-21,30H,3-6,8-9,11-12,16H2,1-2H3,(H,28,29,31,32)/t19-,20+/m1/s1. The van der Waals surface area contributed by atoms with E-state index in [-0.39, 0.29) is 11.9 Å². The molecule has 200 valence electrons. The van der Waals surface area contributed by atoms with Crippen LogP contribution < -0.4 is 15.4 Å². The van der Waals surface area contributed by atoms with E-state index in [1.54, 1.807) is 38.6 Å². The summed E-state index contributed by atoms with van der Waals surface area (Å²) in [5.41, 5.74) is 1.29. The largest absolute Gasteiger partial charge is 0.415 e. The average Bonchev–Trinajstić information content (AvgIpc) is 3.62. The minimum atomic E-state index is -0.429. The third-order valence-corrected chi connectivity index (χ3v) is 7.85. The number of hydrogen-bond donors (Lipinski definition) is 2. The first-order chi connectivity index (χ1) is 18.4. The Balaban J connectivity index is 1.20. The summed E-state index contributed by atoms with van der Waals surface area (Å²) < 4.78 is 7.70. The van der Waals surface area contributed by atoms with Crippen molar-refractivity contribution in [3.05, 3.63) is 36.2 Å². The molecule has 0 radical (unpaired) electrons. The van der Waals surface area contributed by atoms with Gasteiger partial charge in [0.25, 0.3) is 5.91 Å². The van der Waals surface area contributed by atoms with Crippen LogP contribution in [0.25, 0.3) is 11.0 Å². The van der Waals surface area contributed by atoms with E-state index in [0.717, 1.165) is 57.0 Å². The lowest BCUT2D eigenvalue weighted by Gasteiger charge is -2.24. The van der Waals surface area contributed by atoms with Gasteiger partial charge in [0, 0.05) is 69.2 Å². The summed E-state index contributed by atoms with van der Waals surface area (Å²) >= 11 is 0. The number of rotatable bonds is 5. The monoisotopic (exact) mass is 518 g/mol. The molecule has 2 N–H and O–H groups in total. The van der Waals surface area contributed by atoms with E-state index in [4.69, 9.17) is 9.72 Å². The van der Waals surface area contributed by atoms with Crippen LogP contribution in [-0.2, 0) is 0 Å². The molecule has 2 amide bonds. The summed E-state index contributed by atoms with van der Waals surface area (Å²) in [5.74, 6) is 1.44. The van der Waals surface area contributed by atoms with Crippen molar-refractivity contribution in [3.8, 4) is 5.88 Å². The molecule has 0 spiro atoms. The number of nitrogens with one attached hydrogen (secondary N) is 2. The Hall–Kier alpha value is -3.73. The second kappa shape index (κ2) is 10.2. The molecule has 1 saturated carbocycles. The SMILES string of the molecule is CN(C)C(=O)Oc1cc2cnc(Nc3ccc(C(=O)N4CC[C@H]5CC[C@@H](C4)N5)cn3)nc2n1C1CCCC1. The van der Waals surface area contributed by atoms with Gasteiger partial charge in [0.15, 0.2) is 0 Å². The predicted molar refractivity (Wildman–Crippen MR) is 143 cm³/mol. The van der Waals surface area contributed by atoms with E-state index >= 15 is 0 Å². The van der Waals surface area contributed by atoms with Crippen LogP contribution >= 0.6 is 0 Å². The number of aromatic nitrogens is 4. The van der Waals surface area contributed by atoms with Gasteiger partial charge in [-0.3, -0.25) is 9.36 Å². The average molecular weight is 519 g/mol. The molecule has 11 nitrogen and oxygen atoms in total. The molecule has 2 bridgehead atoms. The van der Waals surface area contributed by atoms with E-state index < -0.39 is 6.09 Å². The molecule has 3 aromatic heterocycles. The Kier molecular flexibility index (Phi) is 6.61. The smallest absolute Gasteiger partial charge is 0.393 e. The van der Waals surface area contributed by atoms with Crippen molar-refractivity contribution in [2.45, 2.75) is 63.1 Å². The zero-order valence-electron chi connectivity index (χ0n) is 21.9. The number of nitrogens with zero attached hydrogens (tertiary/aromatic N) is 6. The molecule has 11 heteroatoms. The number of ether oxygens (including phenoxy) is 1. The number of anilines is 2. The summed E-state index contributed by atoms with van der Waals surface area (Å²) in [5, 5.41) is 7.58. The maximum absolute atomic E-state index is 13.1. The van der Waals surface area contributed by atoms with Gasteiger partial charge in [-0.2, -0.15) is 4.98 Å². The quantitative estimate of drug-likeness (QED) is 0.525. The van der Waals surface area contributed by atoms with Crippen LogP contribution in [-0.4, -0.2) is 80.6 Å². The van der Waals surface area contributed by atoms with Crippen LogP contribution in [0.2, 0.25) is 0 Å². The van der Waals surface area contributed by atoms with Crippen molar-refractivity contribution in [2.75, 3.05) is 32.5 Å². The molecule has 38 heavy (non-hydrogen) atoms. The van der Waals surface area contributed by atoms with Gasteiger partial charge in [-0.1, -0.05) is 12.8 Å². The van der Waals surface area contributed by atoms with Crippen LogP contribution in [0.4, 0.5) is 16.6 Å². The molecule has 0 aromatic carbocycles. The van der Waals surface area contributed by atoms with Gasteiger partial charge in [-0.25, -0.2) is 14.8 Å². The molecule has 5 heterocycles. The maximum atomic E-state index is 13.1.